The van der Waals surface area contributed by atoms with E-state index in [9.17, 15) is 19.2 Å². The van der Waals surface area contributed by atoms with Crippen molar-refractivity contribution in [1.29, 1.82) is 0 Å². The molecule has 3 rings (SSSR count). The maximum atomic E-state index is 13.1. The summed E-state index contributed by atoms with van der Waals surface area (Å²) in [6.45, 7) is 13.3. The number of nitrogens with zero attached hydrogens (tertiary/aromatic N) is 2. The average molecular weight is 506 g/mol. The maximum absolute atomic E-state index is 13.1. The second kappa shape index (κ2) is 11.0. The number of ether oxygens (including phenoxy) is 2. The van der Waals surface area contributed by atoms with E-state index in [1.165, 1.54) is 23.6 Å². The van der Waals surface area contributed by atoms with Crippen LogP contribution in [0, 0.1) is 0 Å². The predicted octanol–water partition coefficient (Wildman–Crippen LogP) is 1.84. The van der Waals surface area contributed by atoms with Gasteiger partial charge in [-0.25, -0.2) is 4.79 Å². The highest BCUT2D eigenvalue weighted by atomic mass is 32.2. The van der Waals surface area contributed by atoms with Crippen LogP contribution in [0.5, 0.6) is 5.75 Å². The Bertz CT molecular complexity index is 952. The summed E-state index contributed by atoms with van der Waals surface area (Å²) < 4.78 is 10.7. The zero-order valence-corrected chi connectivity index (χ0v) is 22.0. The monoisotopic (exact) mass is 505 g/mol. The summed E-state index contributed by atoms with van der Waals surface area (Å²) in [7, 11) is 0. The Morgan fingerprint density at radius 1 is 1.17 bits per heavy atom. The van der Waals surface area contributed by atoms with Gasteiger partial charge in [0, 0.05) is 11.3 Å². The Morgan fingerprint density at radius 3 is 2.37 bits per heavy atom. The number of para-hydroxylation sites is 1. The summed E-state index contributed by atoms with van der Waals surface area (Å²) in [4.78, 5) is 54.8. The third-order valence-corrected chi connectivity index (χ3v) is 7.87. The van der Waals surface area contributed by atoms with Gasteiger partial charge in [0.15, 0.2) is 5.78 Å². The minimum absolute atomic E-state index is 0.319. The summed E-state index contributed by atoms with van der Waals surface area (Å²) >= 11 is 1.44. The molecule has 0 spiro atoms. The first-order valence-electron chi connectivity index (χ1n) is 12.0. The van der Waals surface area contributed by atoms with E-state index in [0.717, 1.165) is 13.1 Å². The number of nitrogens with one attached hydrogen (secondary N) is 1. The third-order valence-electron chi connectivity index (χ3n) is 6.29. The summed E-state index contributed by atoms with van der Waals surface area (Å²) in [6, 6.07) is 6.94. The summed E-state index contributed by atoms with van der Waals surface area (Å²) in [5.41, 5.74) is 0. The molecule has 2 aliphatic rings. The molecule has 35 heavy (non-hydrogen) atoms. The molecule has 9 nitrogen and oxygen atoms in total. The van der Waals surface area contributed by atoms with Crippen LogP contribution in [-0.4, -0.2) is 87.4 Å². The van der Waals surface area contributed by atoms with E-state index in [2.05, 4.69) is 10.2 Å². The van der Waals surface area contributed by atoms with Crippen LogP contribution in [0.2, 0.25) is 0 Å². The lowest BCUT2D eigenvalue weighted by molar-refractivity contribution is -0.167. The van der Waals surface area contributed by atoms with Gasteiger partial charge < -0.3 is 24.6 Å². The molecule has 0 saturated carbocycles. The van der Waals surface area contributed by atoms with Crippen molar-refractivity contribution >= 4 is 35.3 Å². The number of Topliss-reactive ketones (excluding diaryl/α,β-unsaturated/α-hetero) is 1. The van der Waals surface area contributed by atoms with E-state index in [1.54, 1.807) is 30.3 Å². The highest BCUT2D eigenvalue weighted by Gasteiger charge is 2.64. The van der Waals surface area contributed by atoms with Crippen LogP contribution >= 0.6 is 11.8 Å². The molecule has 2 aliphatic heterocycles. The molecule has 2 fully saturated rings. The number of ketones is 1. The Hall–Kier alpha value is -2.59. The number of thioether (sulfide) groups is 1. The van der Waals surface area contributed by atoms with Crippen molar-refractivity contribution in [2.24, 2.45) is 0 Å². The summed E-state index contributed by atoms with van der Waals surface area (Å²) in [6.07, 6.45) is -1.69. The Morgan fingerprint density at radius 2 is 1.80 bits per heavy atom. The zero-order valence-electron chi connectivity index (χ0n) is 21.1. The largest absolute Gasteiger partial charge is 0.473 e. The number of rotatable bonds is 11. The quantitative estimate of drug-likeness (QED) is 0.276. The molecule has 2 unspecified atom stereocenters. The van der Waals surface area contributed by atoms with Gasteiger partial charge in [-0.15, -0.1) is 11.8 Å². The van der Waals surface area contributed by atoms with Gasteiger partial charge in [-0.05, 0) is 52.9 Å². The van der Waals surface area contributed by atoms with Crippen molar-refractivity contribution in [3.63, 3.8) is 0 Å². The van der Waals surface area contributed by atoms with Gasteiger partial charge in [-0.1, -0.05) is 32.0 Å². The van der Waals surface area contributed by atoms with E-state index >= 15 is 0 Å². The van der Waals surface area contributed by atoms with Gasteiger partial charge >= 0.3 is 5.97 Å². The molecule has 10 heteroatoms. The second-order valence-corrected chi connectivity index (χ2v) is 11.2. The van der Waals surface area contributed by atoms with Crippen molar-refractivity contribution in [3.8, 4) is 5.75 Å². The lowest BCUT2D eigenvalue weighted by Crippen LogP contribution is -2.71. The van der Waals surface area contributed by atoms with Gasteiger partial charge in [0.1, 0.15) is 29.3 Å². The number of likely N-dealkylation sites (N-methyl/N-ethyl adjacent to an activating group) is 1. The van der Waals surface area contributed by atoms with Crippen LogP contribution in [-0.2, 0) is 23.9 Å². The minimum Gasteiger partial charge on any atom is -0.473 e. The van der Waals surface area contributed by atoms with Gasteiger partial charge in [-0.2, -0.15) is 0 Å². The molecule has 5 atom stereocenters. The second-order valence-electron chi connectivity index (χ2n) is 9.40. The molecule has 1 aromatic carbocycles. The first-order chi connectivity index (χ1) is 16.5. The summed E-state index contributed by atoms with van der Waals surface area (Å²) in [5, 5.41) is 2.23. The fraction of sp³-hybridized carbons (Fsp3) is 0.600. The van der Waals surface area contributed by atoms with Crippen LogP contribution < -0.4 is 10.1 Å². The number of hydrogen-bond acceptors (Lipinski definition) is 8. The summed E-state index contributed by atoms with van der Waals surface area (Å²) in [5.74, 6) is -1.60. The van der Waals surface area contributed by atoms with E-state index in [-0.39, 0.29) is 12.0 Å². The molecular weight excluding hydrogens is 470 g/mol. The van der Waals surface area contributed by atoms with E-state index < -0.39 is 46.0 Å². The molecule has 192 valence electrons. The lowest BCUT2D eigenvalue weighted by Gasteiger charge is -2.44. The van der Waals surface area contributed by atoms with Crippen LogP contribution in [0.15, 0.2) is 30.3 Å². The van der Waals surface area contributed by atoms with Gasteiger partial charge in [0.2, 0.25) is 12.0 Å². The standard InChI is InChI=1S/C25H35N3O6S/c1-7-27(8-2)14-15(3)33-24(32)20-25(5,6)35-23-18(22(31)28(20)23)26-21(30)19(16(4)29)34-17-12-10-9-11-13-17/h9-13,15,18-20,23H,7-8,14H2,1-6H3,(H,26,30)/t15?,18-,19?,20+,23-/m1/s1. The third kappa shape index (κ3) is 5.81. The molecular formula is C25H35N3O6S. The Labute approximate surface area is 210 Å². The topological polar surface area (TPSA) is 105 Å². The molecule has 0 aromatic heterocycles. The highest BCUT2D eigenvalue weighted by Crippen LogP contribution is 2.51. The molecule has 2 amide bonds. The van der Waals surface area contributed by atoms with Gasteiger partial charge in [0.05, 0.1) is 0 Å². The van der Waals surface area contributed by atoms with E-state index in [1.807, 2.05) is 34.6 Å². The first kappa shape index (κ1) is 27.0. The van der Waals surface area contributed by atoms with Crippen molar-refractivity contribution in [2.45, 2.75) is 76.0 Å². The van der Waals surface area contributed by atoms with Crippen molar-refractivity contribution in [2.75, 3.05) is 19.6 Å². The van der Waals surface area contributed by atoms with Crippen molar-refractivity contribution < 1.29 is 28.7 Å². The van der Waals surface area contributed by atoms with Crippen LogP contribution in [0.4, 0.5) is 0 Å². The normalized spacial score (nSPS) is 24.3. The molecule has 0 radical (unpaired) electrons. The average Bonchev–Trinajstić information content (AvgIpc) is 3.07. The van der Waals surface area contributed by atoms with Gasteiger partial charge in [-0.3, -0.25) is 14.4 Å². The maximum Gasteiger partial charge on any atom is 0.330 e. The fourth-order valence-corrected chi connectivity index (χ4v) is 6.08. The number of β-lactam (4-membered cyclic amide) rings is 1. The lowest BCUT2D eigenvalue weighted by atomic mass is 9.95. The molecule has 1 N–H and O–H groups in total. The molecule has 0 aliphatic carbocycles. The number of esters is 1. The van der Waals surface area contributed by atoms with E-state index in [0.29, 0.717) is 12.3 Å². The number of benzene rings is 1. The predicted molar refractivity (Wildman–Crippen MR) is 133 cm³/mol. The smallest absolute Gasteiger partial charge is 0.330 e. The van der Waals surface area contributed by atoms with Crippen molar-refractivity contribution in [3.05, 3.63) is 30.3 Å². The SMILES string of the molecule is CCN(CC)CC(C)OC(=O)[C@@H]1N2C(=O)[C@@H](NC(=O)C(Oc3ccccc3)C(C)=O)[C@H]2SC1(C)C. The molecule has 1 aromatic rings. The minimum atomic E-state index is -1.37. The number of hydrogen-bond donors (Lipinski definition) is 1. The Kier molecular flexibility index (Phi) is 8.48. The fourth-order valence-electron chi connectivity index (χ4n) is 4.46. The molecule has 2 saturated heterocycles. The van der Waals surface area contributed by atoms with Crippen LogP contribution in [0.25, 0.3) is 0 Å². The number of carbonyl (C=O) groups is 4. The van der Waals surface area contributed by atoms with Gasteiger partial charge in [0.25, 0.3) is 5.91 Å². The highest BCUT2D eigenvalue weighted by molar-refractivity contribution is 8.01. The Balaban J connectivity index is 1.66. The van der Waals surface area contributed by atoms with Crippen LogP contribution in [0.1, 0.15) is 41.5 Å². The zero-order chi connectivity index (χ0) is 25.9. The van der Waals surface area contributed by atoms with Crippen LogP contribution in [0.3, 0.4) is 0 Å². The first-order valence-corrected chi connectivity index (χ1v) is 12.8. The number of amides is 2. The number of carbonyl (C=O) groups excluding carboxylic acids is 4. The van der Waals surface area contributed by atoms with E-state index in [4.69, 9.17) is 9.47 Å². The molecule has 2 heterocycles. The number of fused-ring (bicyclic) bond motifs is 1. The van der Waals surface area contributed by atoms with Crippen molar-refractivity contribution in [1.82, 2.24) is 15.1 Å². The molecule has 0 bridgehead atoms.